The number of carbonyl (C=O) groups excluding carboxylic acids is 1. The van der Waals surface area contributed by atoms with E-state index >= 15 is 0 Å². The molecule has 1 aromatic rings. The quantitative estimate of drug-likeness (QED) is 0.467. The second-order valence-electron chi connectivity index (χ2n) is 4.34. The summed E-state index contributed by atoms with van der Waals surface area (Å²) in [6.07, 6.45) is 6.58. The number of benzene rings is 1. The minimum atomic E-state index is 0.244. The summed E-state index contributed by atoms with van der Waals surface area (Å²) in [4.78, 5) is 11.7. The third-order valence-electron chi connectivity index (χ3n) is 2.99. The first-order chi connectivity index (χ1) is 8.25. The fourth-order valence-electron chi connectivity index (χ4n) is 1.96. The Balaban J connectivity index is 2.03. The topological polar surface area (TPSA) is 49.3 Å². The van der Waals surface area contributed by atoms with E-state index in [1.807, 2.05) is 0 Å². The number of allylic oxidation sites excluding steroid dienone is 1. The third-order valence-corrected chi connectivity index (χ3v) is 2.99. The van der Waals surface area contributed by atoms with Crippen LogP contribution >= 0.6 is 0 Å². The average Bonchev–Trinajstić information content (AvgIpc) is 2.54. The lowest BCUT2D eigenvalue weighted by atomic mass is 10.1. The van der Waals surface area contributed by atoms with E-state index in [1.165, 1.54) is 0 Å². The van der Waals surface area contributed by atoms with E-state index in [1.54, 1.807) is 30.5 Å². The highest BCUT2D eigenvalue weighted by molar-refractivity contribution is 5.95. The van der Waals surface area contributed by atoms with Gasteiger partial charge in [-0.15, -0.1) is 0 Å². The fourth-order valence-corrected chi connectivity index (χ4v) is 1.96. The van der Waals surface area contributed by atoms with Crippen LogP contribution in [0.25, 0.3) is 0 Å². The van der Waals surface area contributed by atoms with Gasteiger partial charge in [0.05, 0.1) is 0 Å². The van der Waals surface area contributed by atoms with Gasteiger partial charge in [0.1, 0.15) is 5.75 Å². The van der Waals surface area contributed by atoms with Crippen molar-refractivity contribution in [2.75, 3.05) is 5.32 Å². The van der Waals surface area contributed by atoms with Gasteiger partial charge in [-0.05, 0) is 43.5 Å². The number of Topliss-reactive ketones (excluding diaryl/α,β-unsaturated/α-hetero) is 1. The van der Waals surface area contributed by atoms with Crippen LogP contribution < -0.4 is 5.32 Å². The number of aromatic hydroxyl groups is 1. The first kappa shape index (κ1) is 11.7. The molecule has 0 bridgehead atoms. The van der Waals surface area contributed by atoms with E-state index in [4.69, 9.17) is 5.11 Å². The molecule has 0 amide bonds. The predicted octanol–water partition coefficient (Wildman–Crippen LogP) is 3.22. The minimum absolute atomic E-state index is 0.244. The summed E-state index contributed by atoms with van der Waals surface area (Å²) in [6.45, 7) is 0. The number of hydrogen-bond acceptors (Lipinski definition) is 3. The van der Waals surface area contributed by atoms with E-state index in [0.29, 0.717) is 6.42 Å². The molecule has 90 valence electrons. The van der Waals surface area contributed by atoms with Crippen molar-refractivity contribution < 1.29 is 9.90 Å². The summed E-state index contributed by atoms with van der Waals surface area (Å²) in [7, 11) is 0. The van der Waals surface area contributed by atoms with Crippen molar-refractivity contribution in [2.45, 2.75) is 32.1 Å². The third kappa shape index (κ3) is 3.34. The van der Waals surface area contributed by atoms with Gasteiger partial charge in [0.15, 0.2) is 5.78 Å². The lowest BCUT2D eigenvalue weighted by molar-refractivity contribution is -0.115. The standard InChI is InChI=1S/C14H17NO2/c16-13-8-6-12(7-9-13)15-10-11-4-2-1-3-5-14(11)17/h6-10,15-16H,1-5H2. The molecule has 0 radical (unpaired) electrons. The number of hydrogen-bond donors (Lipinski definition) is 2. The van der Waals surface area contributed by atoms with Crippen molar-refractivity contribution >= 4 is 11.5 Å². The monoisotopic (exact) mass is 231 g/mol. The van der Waals surface area contributed by atoms with Crippen molar-refractivity contribution in [3.8, 4) is 5.75 Å². The molecule has 3 nitrogen and oxygen atoms in total. The lowest BCUT2D eigenvalue weighted by Crippen LogP contribution is -2.02. The first-order valence-corrected chi connectivity index (χ1v) is 6.03. The molecular formula is C14H17NO2. The summed E-state index contributed by atoms with van der Waals surface area (Å²) >= 11 is 0. The number of carbonyl (C=O) groups is 1. The van der Waals surface area contributed by atoms with Gasteiger partial charge in [0, 0.05) is 23.9 Å². The Hall–Kier alpha value is -1.77. The molecular weight excluding hydrogens is 214 g/mol. The zero-order valence-electron chi connectivity index (χ0n) is 9.78. The predicted molar refractivity (Wildman–Crippen MR) is 67.9 cm³/mol. The van der Waals surface area contributed by atoms with Gasteiger partial charge >= 0.3 is 0 Å². The van der Waals surface area contributed by atoms with E-state index in [2.05, 4.69) is 5.32 Å². The molecule has 2 N–H and O–H groups in total. The van der Waals surface area contributed by atoms with E-state index < -0.39 is 0 Å². The molecule has 2 rings (SSSR count). The van der Waals surface area contributed by atoms with Crippen LogP contribution in [-0.2, 0) is 4.79 Å². The number of phenolic OH excluding ortho intramolecular Hbond substituents is 1. The van der Waals surface area contributed by atoms with Gasteiger partial charge in [-0.1, -0.05) is 6.42 Å². The minimum Gasteiger partial charge on any atom is -0.508 e. The summed E-state index contributed by atoms with van der Waals surface area (Å²) in [5.41, 5.74) is 1.77. The van der Waals surface area contributed by atoms with Gasteiger partial charge in [-0.3, -0.25) is 4.79 Å². The molecule has 1 fully saturated rings. The van der Waals surface area contributed by atoms with Crippen molar-refractivity contribution in [1.82, 2.24) is 0 Å². The highest BCUT2D eigenvalue weighted by Crippen LogP contribution is 2.20. The zero-order valence-corrected chi connectivity index (χ0v) is 9.78. The maximum atomic E-state index is 11.7. The summed E-state index contributed by atoms with van der Waals surface area (Å²) < 4.78 is 0. The Morgan fingerprint density at radius 3 is 2.53 bits per heavy atom. The molecule has 17 heavy (non-hydrogen) atoms. The number of anilines is 1. The van der Waals surface area contributed by atoms with Gasteiger partial charge in [-0.25, -0.2) is 0 Å². The Labute approximate surface area is 101 Å². The van der Waals surface area contributed by atoms with Gasteiger partial charge in [0.25, 0.3) is 0 Å². The second-order valence-corrected chi connectivity index (χ2v) is 4.34. The molecule has 1 aromatic carbocycles. The number of nitrogens with one attached hydrogen (secondary N) is 1. The maximum Gasteiger partial charge on any atom is 0.160 e. The SMILES string of the molecule is O=C1CCCCCC1=CNc1ccc(O)cc1. The number of ketones is 1. The second kappa shape index (κ2) is 5.53. The van der Waals surface area contributed by atoms with Crippen LogP contribution in [0.2, 0.25) is 0 Å². The van der Waals surface area contributed by atoms with Crippen molar-refractivity contribution in [3.05, 3.63) is 36.0 Å². The molecule has 0 aromatic heterocycles. The van der Waals surface area contributed by atoms with Gasteiger partial charge in [0.2, 0.25) is 0 Å². The van der Waals surface area contributed by atoms with Crippen LogP contribution in [0.1, 0.15) is 32.1 Å². The summed E-state index contributed by atoms with van der Waals surface area (Å²) in [5.74, 6) is 0.502. The van der Waals surface area contributed by atoms with Crippen LogP contribution in [-0.4, -0.2) is 10.9 Å². The highest BCUT2D eigenvalue weighted by atomic mass is 16.3. The highest BCUT2D eigenvalue weighted by Gasteiger charge is 2.12. The maximum absolute atomic E-state index is 11.7. The molecule has 1 aliphatic carbocycles. The fraction of sp³-hybridized carbons (Fsp3) is 0.357. The Kier molecular flexibility index (Phi) is 3.81. The van der Waals surface area contributed by atoms with Gasteiger partial charge < -0.3 is 10.4 Å². The van der Waals surface area contributed by atoms with Crippen LogP contribution in [0.3, 0.4) is 0 Å². The molecule has 0 atom stereocenters. The van der Waals surface area contributed by atoms with Crippen molar-refractivity contribution in [1.29, 1.82) is 0 Å². The summed E-state index contributed by atoms with van der Waals surface area (Å²) in [5, 5.41) is 12.3. The number of rotatable bonds is 2. The smallest absolute Gasteiger partial charge is 0.160 e. The van der Waals surface area contributed by atoms with Crippen LogP contribution in [0, 0.1) is 0 Å². The Morgan fingerprint density at radius 1 is 1.06 bits per heavy atom. The molecule has 0 heterocycles. The molecule has 0 saturated heterocycles. The number of phenols is 1. The van der Waals surface area contributed by atoms with Crippen LogP contribution in [0.15, 0.2) is 36.0 Å². The Morgan fingerprint density at radius 2 is 1.76 bits per heavy atom. The largest absolute Gasteiger partial charge is 0.508 e. The van der Waals surface area contributed by atoms with Crippen molar-refractivity contribution in [3.63, 3.8) is 0 Å². The van der Waals surface area contributed by atoms with Crippen LogP contribution in [0.5, 0.6) is 5.75 Å². The molecule has 1 saturated carbocycles. The molecule has 3 heteroatoms. The summed E-state index contributed by atoms with van der Waals surface area (Å²) in [6, 6.07) is 6.81. The van der Waals surface area contributed by atoms with E-state index in [0.717, 1.165) is 36.9 Å². The van der Waals surface area contributed by atoms with E-state index in [9.17, 15) is 4.79 Å². The van der Waals surface area contributed by atoms with Gasteiger partial charge in [-0.2, -0.15) is 0 Å². The normalized spacial score (nSPS) is 19.1. The van der Waals surface area contributed by atoms with Crippen molar-refractivity contribution in [2.24, 2.45) is 0 Å². The molecule has 0 unspecified atom stereocenters. The lowest BCUT2D eigenvalue weighted by Gasteiger charge is -2.04. The first-order valence-electron chi connectivity index (χ1n) is 6.03. The Bertz CT molecular complexity index is 420. The van der Waals surface area contributed by atoms with Crippen LogP contribution in [0.4, 0.5) is 5.69 Å². The molecule has 0 aliphatic heterocycles. The molecule has 1 aliphatic rings. The molecule has 0 spiro atoms. The zero-order chi connectivity index (χ0) is 12.1. The average molecular weight is 231 g/mol. The van der Waals surface area contributed by atoms with E-state index in [-0.39, 0.29) is 11.5 Å².